The molecule has 0 atom stereocenters. The van der Waals surface area contributed by atoms with Gasteiger partial charge in [0.05, 0.1) is 15.9 Å². The minimum Gasteiger partial charge on any atom is -0.338 e. The van der Waals surface area contributed by atoms with Crippen LogP contribution in [-0.2, 0) is 10.0 Å². The number of rotatable bonds is 6. The van der Waals surface area contributed by atoms with E-state index >= 15 is 0 Å². The highest BCUT2D eigenvalue weighted by Gasteiger charge is 2.14. The van der Waals surface area contributed by atoms with Gasteiger partial charge in [0.2, 0.25) is 10.0 Å². The number of carbonyl (C=O) groups is 1. The molecule has 1 aromatic carbocycles. The van der Waals surface area contributed by atoms with Gasteiger partial charge in [0, 0.05) is 19.6 Å². The molecule has 22 heavy (non-hydrogen) atoms. The molecular formula is C12H17N5O4S. The van der Waals surface area contributed by atoms with E-state index < -0.39 is 15.7 Å². The maximum absolute atomic E-state index is 12.1. The van der Waals surface area contributed by atoms with E-state index in [1.165, 1.54) is 18.2 Å². The number of urea groups is 1. The van der Waals surface area contributed by atoms with Crippen molar-refractivity contribution >= 4 is 27.1 Å². The monoisotopic (exact) mass is 327 g/mol. The van der Waals surface area contributed by atoms with Gasteiger partial charge in [0.15, 0.2) is 0 Å². The highest BCUT2D eigenvalue weighted by Crippen LogP contribution is 2.14. The van der Waals surface area contributed by atoms with Crippen LogP contribution in [0.3, 0.4) is 0 Å². The molecule has 0 unspecified atom stereocenters. The first-order chi connectivity index (χ1) is 10.4. The zero-order chi connectivity index (χ0) is 16.2. The summed E-state index contributed by atoms with van der Waals surface area (Å²) in [6, 6.07) is 3.92. The Balaban J connectivity index is 1.99. The predicted molar refractivity (Wildman–Crippen MR) is 81.2 cm³/mol. The van der Waals surface area contributed by atoms with Gasteiger partial charge in [-0.1, -0.05) is 0 Å². The summed E-state index contributed by atoms with van der Waals surface area (Å²) in [4.78, 5) is 27.4. The molecule has 9 nitrogen and oxygen atoms in total. The molecule has 0 spiro atoms. The molecule has 2 aromatic rings. The van der Waals surface area contributed by atoms with E-state index in [2.05, 4.69) is 25.3 Å². The van der Waals surface area contributed by atoms with E-state index in [-0.39, 0.29) is 24.0 Å². The number of fused-ring (bicyclic) bond motifs is 1. The summed E-state index contributed by atoms with van der Waals surface area (Å²) in [6.45, 7) is 2.49. The van der Waals surface area contributed by atoms with Crippen LogP contribution in [0.2, 0.25) is 0 Å². The fourth-order valence-electron chi connectivity index (χ4n) is 1.85. The van der Waals surface area contributed by atoms with E-state index in [0.29, 0.717) is 17.6 Å². The molecule has 5 N–H and O–H groups in total. The third kappa shape index (κ3) is 3.86. The average molecular weight is 327 g/mol. The van der Waals surface area contributed by atoms with Crippen LogP contribution in [0.4, 0.5) is 4.79 Å². The van der Waals surface area contributed by atoms with E-state index in [0.717, 1.165) is 0 Å². The Morgan fingerprint density at radius 2 is 1.86 bits per heavy atom. The third-order valence-electron chi connectivity index (χ3n) is 2.84. The Kier molecular flexibility index (Phi) is 4.83. The van der Waals surface area contributed by atoms with Gasteiger partial charge in [-0.2, -0.15) is 0 Å². The normalized spacial score (nSPS) is 11.5. The first-order valence-electron chi connectivity index (χ1n) is 6.66. The molecule has 2 rings (SSSR count). The molecule has 0 bridgehead atoms. The summed E-state index contributed by atoms with van der Waals surface area (Å²) in [5, 5.41) is 5.04. The predicted octanol–water partition coefficient (Wildman–Crippen LogP) is -0.546. The van der Waals surface area contributed by atoms with Gasteiger partial charge >= 0.3 is 11.7 Å². The summed E-state index contributed by atoms with van der Waals surface area (Å²) < 4.78 is 26.6. The van der Waals surface area contributed by atoms with Crippen LogP contribution in [0.25, 0.3) is 11.0 Å². The number of hydrogen-bond donors (Lipinski definition) is 5. The zero-order valence-corrected chi connectivity index (χ0v) is 12.7. The standard InChI is InChI=1S/C12H17N5O4S/c1-2-13-11(18)14-5-6-15-22(20,21)8-3-4-9-10(7-8)17-12(19)16-9/h3-4,7,15H,2,5-6H2,1H3,(H2,13,14,18)(H2,16,17,19). The highest BCUT2D eigenvalue weighted by atomic mass is 32.2. The van der Waals surface area contributed by atoms with Crippen LogP contribution >= 0.6 is 0 Å². The van der Waals surface area contributed by atoms with Crippen LogP contribution in [0.15, 0.2) is 27.9 Å². The Labute approximate surface area is 126 Å². The van der Waals surface area contributed by atoms with E-state index in [4.69, 9.17) is 0 Å². The number of nitrogens with one attached hydrogen (secondary N) is 5. The largest absolute Gasteiger partial charge is 0.338 e. The number of imidazole rings is 1. The molecule has 1 heterocycles. The van der Waals surface area contributed by atoms with Crippen LogP contribution in [0.1, 0.15) is 6.92 Å². The Bertz CT molecular complexity index is 823. The third-order valence-corrected chi connectivity index (χ3v) is 4.30. The number of H-pyrrole nitrogens is 2. The number of hydrogen-bond acceptors (Lipinski definition) is 4. The summed E-state index contributed by atoms with van der Waals surface area (Å²) in [5.41, 5.74) is 0.541. The smallest absolute Gasteiger partial charge is 0.323 e. The summed E-state index contributed by atoms with van der Waals surface area (Å²) >= 11 is 0. The Hall–Kier alpha value is -2.33. The molecule has 0 aliphatic carbocycles. The fraction of sp³-hybridized carbons (Fsp3) is 0.333. The maximum Gasteiger partial charge on any atom is 0.323 e. The Morgan fingerprint density at radius 3 is 2.59 bits per heavy atom. The van der Waals surface area contributed by atoms with E-state index in [1.54, 1.807) is 6.92 Å². The van der Waals surface area contributed by atoms with Crippen LogP contribution < -0.4 is 21.0 Å². The van der Waals surface area contributed by atoms with Gasteiger partial charge in [-0.05, 0) is 25.1 Å². The lowest BCUT2D eigenvalue weighted by atomic mass is 10.3. The van der Waals surface area contributed by atoms with Gasteiger partial charge in [0.1, 0.15) is 0 Å². The van der Waals surface area contributed by atoms with Crippen molar-refractivity contribution in [2.75, 3.05) is 19.6 Å². The van der Waals surface area contributed by atoms with Crippen molar-refractivity contribution in [2.45, 2.75) is 11.8 Å². The van der Waals surface area contributed by atoms with Gasteiger partial charge in [-0.15, -0.1) is 0 Å². The number of sulfonamides is 1. The molecule has 0 saturated carbocycles. The quantitative estimate of drug-likeness (QED) is 0.455. The molecule has 0 fully saturated rings. The Morgan fingerprint density at radius 1 is 1.14 bits per heavy atom. The minimum absolute atomic E-state index is 0.0354. The van der Waals surface area contributed by atoms with Gasteiger partial charge in [-0.3, -0.25) is 0 Å². The molecule has 0 aliphatic rings. The van der Waals surface area contributed by atoms with Crippen LogP contribution in [0, 0.1) is 0 Å². The summed E-state index contributed by atoms with van der Waals surface area (Å²) in [7, 11) is -3.71. The van der Waals surface area contributed by atoms with E-state index in [1.807, 2.05) is 0 Å². The molecule has 1 aromatic heterocycles. The molecule has 0 saturated heterocycles. The summed E-state index contributed by atoms with van der Waals surface area (Å²) in [5.74, 6) is 0. The second-order valence-electron chi connectivity index (χ2n) is 4.47. The minimum atomic E-state index is -3.71. The maximum atomic E-state index is 12.1. The van der Waals surface area contributed by atoms with Gasteiger partial charge in [0.25, 0.3) is 0 Å². The number of aromatic nitrogens is 2. The van der Waals surface area contributed by atoms with Crippen LogP contribution in [-0.4, -0.2) is 44.1 Å². The number of benzene rings is 1. The fourth-order valence-corrected chi connectivity index (χ4v) is 2.90. The van der Waals surface area contributed by atoms with Crippen molar-refractivity contribution < 1.29 is 13.2 Å². The number of carbonyl (C=O) groups excluding carboxylic acids is 1. The van der Waals surface area contributed by atoms with Gasteiger partial charge < -0.3 is 20.6 Å². The molecule has 0 radical (unpaired) electrons. The molecule has 120 valence electrons. The van der Waals surface area contributed by atoms with E-state index in [9.17, 15) is 18.0 Å². The molecule has 2 amide bonds. The number of aromatic amines is 2. The molecule has 10 heteroatoms. The van der Waals surface area contributed by atoms with Gasteiger partial charge in [-0.25, -0.2) is 22.7 Å². The lowest BCUT2D eigenvalue weighted by Gasteiger charge is -2.08. The second kappa shape index (κ2) is 6.62. The second-order valence-corrected chi connectivity index (χ2v) is 6.24. The van der Waals surface area contributed by atoms with Crippen molar-refractivity contribution in [3.63, 3.8) is 0 Å². The lowest BCUT2D eigenvalue weighted by Crippen LogP contribution is -2.40. The zero-order valence-electron chi connectivity index (χ0n) is 11.9. The number of amides is 2. The van der Waals surface area contributed by atoms with Crippen molar-refractivity contribution in [1.82, 2.24) is 25.3 Å². The SMILES string of the molecule is CCNC(=O)NCCNS(=O)(=O)c1ccc2[nH]c(=O)[nH]c2c1. The highest BCUT2D eigenvalue weighted by molar-refractivity contribution is 7.89. The molecule has 0 aliphatic heterocycles. The van der Waals surface area contributed by atoms with Crippen molar-refractivity contribution in [2.24, 2.45) is 0 Å². The molecular weight excluding hydrogens is 310 g/mol. The first-order valence-corrected chi connectivity index (χ1v) is 8.14. The topological polar surface area (TPSA) is 136 Å². The average Bonchev–Trinajstić information content (AvgIpc) is 2.83. The first kappa shape index (κ1) is 16.0. The lowest BCUT2D eigenvalue weighted by molar-refractivity contribution is 0.241. The van der Waals surface area contributed by atoms with Crippen molar-refractivity contribution in [3.8, 4) is 0 Å². The van der Waals surface area contributed by atoms with Crippen molar-refractivity contribution in [1.29, 1.82) is 0 Å². The summed E-state index contributed by atoms with van der Waals surface area (Å²) in [6.07, 6.45) is 0. The van der Waals surface area contributed by atoms with Crippen molar-refractivity contribution in [3.05, 3.63) is 28.7 Å². The van der Waals surface area contributed by atoms with Crippen LogP contribution in [0.5, 0.6) is 0 Å².